The highest BCUT2D eigenvalue weighted by molar-refractivity contribution is 7.13. The first-order valence-corrected chi connectivity index (χ1v) is 10.0. The van der Waals surface area contributed by atoms with Crippen LogP contribution in [0.4, 0.5) is 10.8 Å². The highest BCUT2D eigenvalue weighted by Gasteiger charge is 2.08. The van der Waals surface area contributed by atoms with Crippen LogP contribution in [0.2, 0.25) is 0 Å². The van der Waals surface area contributed by atoms with E-state index in [0.717, 1.165) is 29.8 Å². The van der Waals surface area contributed by atoms with Crippen molar-refractivity contribution < 1.29 is 9.90 Å². The second kappa shape index (κ2) is 9.98. The van der Waals surface area contributed by atoms with E-state index in [1.165, 1.54) is 11.3 Å². The quantitative estimate of drug-likeness (QED) is 0.413. The van der Waals surface area contributed by atoms with Crippen LogP contribution >= 0.6 is 11.3 Å². The number of amides is 1. The van der Waals surface area contributed by atoms with Gasteiger partial charge in [-0.2, -0.15) is 0 Å². The Kier molecular flexibility index (Phi) is 7.13. The average Bonchev–Trinajstić information content (AvgIpc) is 3.11. The number of nitrogens with one attached hydrogen (secondary N) is 2. The summed E-state index contributed by atoms with van der Waals surface area (Å²) in [6.45, 7) is 1.28. The Labute approximate surface area is 168 Å². The molecule has 6 nitrogen and oxygen atoms in total. The van der Waals surface area contributed by atoms with Gasteiger partial charge in [0.05, 0.1) is 18.2 Å². The summed E-state index contributed by atoms with van der Waals surface area (Å²) in [6, 6.07) is 17.4. The van der Waals surface area contributed by atoms with Crippen LogP contribution in [0, 0.1) is 0 Å². The molecule has 28 heavy (non-hydrogen) atoms. The first-order chi connectivity index (χ1) is 13.6. The summed E-state index contributed by atoms with van der Waals surface area (Å²) in [6.07, 6.45) is 0.545. The molecule has 0 fully saturated rings. The molecule has 0 bridgehead atoms. The number of rotatable bonds is 9. The number of nitrogen functional groups attached to an aromatic ring is 1. The molecule has 0 unspecified atom stereocenters. The molecule has 3 rings (SSSR count). The molecular formula is C21H24N4O2S. The number of hydrogen-bond donors (Lipinski definition) is 4. The second-order valence-corrected chi connectivity index (χ2v) is 7.37. The minimum Gasteiger partial charge on any atom is -0.387 e. The monoisotopic (exact) mass is 402 g/mol. The molecule has 1 amide bonds. The summed E-state index contributed by atoms with van der Waals surface area (Å²) < 4.78 is 0. The number of nitrogens with zero attached hydrogens (tertiary/aromatic N) is 1. The van der Waals surface area contributed by atoms with E-state index in [0.29, 0.717) is 17.4 Å². The van der Waals surface area contributed by atoms with Crippen LogP contribution < -0.4 is 16.4 Å². The normalized spacial score (nSPS) is 11.9. The number of carbonyl (C=O) groups is 1. The molecule has 1 aromatic heterocycles. The van der Waals surface area contributed by atoms with E-state index in [4.69, 9.17) is 5.73 Å². The van der Waals surface area contributed by atoms with Crippen LogP contribution in [0.1, 0.15) is 22.9 Å². The van der Waals surface area contributed by atoms with Crippen molar-refractivity contribution in [2.24, 2.45) is 0 Å². The van der Waals surface area contributed by atoms with Gasteiger partial charge in [-0.05, 0) is 36.2 Å². The van der Waals surface area contributed by atoms with Gasteiger partial charge in [0.2, 0.25) is 5.91 Å². The van der Waals surface area contributed by atoms with E-state index in [9.17, 15) is 9.90 Å². The molecule has 0 spiro atoms. The van der Waals surface area contributed by atoms with Gasteiger partial charge >= 0.3 is 0 Å². The highest BCUT2D eigenvalue weighted by atomic mass is 32.1. The lowest BCUT2D eigenvalue weighted by atomic mass is 10.1. The third-order valence-electron chi connectivity index (χ3n) is 4.26. The van der Waals surface area contributed by atoms with E-state index in [2.05, 4.69) is 15.6 Å². The third kappa shape index (κ3) is 6.16. The van der Waals surface area contributed by atoms with E-state index >= 15 is 0 Å². The number of benzene rings is 2. The van der Waals surface area contributed by atoms with Gasteiger partial charge in [-0.3, -0.25) is 4.79 Å². The molecular weight excluding hydrogens is 378 g/mol. The third-order valence-corrected chi connectivity index (χ3v) is 4.98. The predicted molar refractivity (Wildman–Crippen MR) is 113 cm³/mol. The van der Waals surface area contributed by atoms with Crippen molar-refractivity contribution in [2.75, 3.05) is 24.1 Å². The summed E-state index contributed by atoms with van der Waals surface area (Å²) in [5.74, 6) is -0.116. The summed E-state index contributed by atoms with van der Waals surface area (Å²) in [5, 5.41) is 18.5. The maximum absolute atomic E-state index is 12.0. The Morgan fingerprint density at radius 2 is 1.89 bits per heavy atom. The lowest BCUT2D eigenvalue weighted by Gasteiger charge is -2.12. The van der Waals surface area contributed by atoms with E-state index < -0.39 is 6.10 Å². The van der Waals surface area contributed by atoms with Crippen LogP contribution in [-0.4, -0.2) is 29.1 Å². The van der Waals surface area contributed by atoms with Crippen molar-refractivity contribution in [1.29, 1.82) is 0 Å². The number of hydrogen-bond acceptors (Lipinski definition) is 6. The Bertz CT molecular complexity index is 881. The van der Waals surface area contributed by atoms with Gasteiger partial charge in [-0.1, -0.05) is 42.5 Å². The maximum atomic E-state index is 12.0. The summed E-state index contributed by atoms with van der Waals surface area (Å²) in [5.41, 5.74) is 9.08. The van der Waals surface area contributed by atoms with Crippen molar-refractivity contribution in [3.63, 3.8) is 0 Å². The van der Waals surface area contributed by atoms with Gasteiger partial charge in [0.1, 0.15) is 0 Å². The lowest BCUT2D eigenvalue weighted by molar-refractivity contribution is -0.115. The van der Waals surface area contributed by atoms with Gasteiger partial charge in [0.25, 0.3) is 0 Å². The molecule has 0 radical (unpaired) electrons. The zero-order valence-electron chi connectivity index (χ0n) is 15.5. The van der Waals surface area contributed by atoms with Gasteiger partial charge in [-0.25, -0.2) is 4.98 Å². The van der Waals surface area contributed by atoms with Crippen LogP contribution in [0.5, 0.6) is 0 Å². The Morgan fingerprint density at radius 3 is 2.57 bits per heavy atom. The Hall–Kier alpha value is -2.74. The van der Waals surface area contributed by atoms with E-state index in [1.807, 2.05) is 54.6 Å². The lowest BCUT2D eigenvalue weighted by Crippen LogP contribution is -2.23. The molecule has 3 aromatic rings. The van der Waals surface area contributed by atoms with Gasteiger partial charge in [0.15, 0.2) is 5.13 Å². The molecule has 1 atom stereocenters. The minimum atomic E-state index is -0.508. The summed E-state index contributed by atoms with van der Waals surface area (Å²) >= 11 is 1.33. The average molecular weight is 402 g/mol. The van der Waals surface area contributed by atoms with E-state index in [-0.39, 0.29) is 12.3 Å². The van der Waals surface area contributed by atoms with Crippen molar-refractivity contribution in [3.05, 3.63) is 76.8 Å². The van der Waals surface area contributed by atoms with Crippen LogP contribution in [0.15, 0.2) is 60.0 Å². The number of nitrogens with two attached hydrogens (primary N) is 1. The molecule has 5 N–H and O–H groups in total. The van der Waals surface area contributed by atoms with E-state index in [1.54, 1.807) is 5.38 Å². The van der Waals surface area contributed by atoms with Crippen molar-refractivity contribution in [2.45, 2.75) is 18.9 Å². The number of thiazole rings is 1. The Balaban J connectivity index is 1.38. The zero-order valence-corrected chi connectivity index (χ0v) is 16.3. The topological polar surface area (TPSA) is 100 Å². The molecule has 0 saturated heterocycles. The summed E-state index contributed by atoms with van der Waals surface area (Å²) in [7, 11) is 0. The van der Waals surface area contributed by atoms with Crippen molar-refractivity contribution in [3.8, 4) is 0 Å². The fourth-order valence-corrected chi connectivity index (χ4v) is 3.36. The van der Waals surface area contributed by atoms with Crippen LogP contribution in [-0.2, 0) is 17.6 Å². The molecule has 2 aromatic carbocycles. The molecule has 0 aliphatic heterocycles. The van der Waals surface area contributed by atoms with Gasteiger partial charge < -0.3 is 21.5 Å². The molecule has 0 aliphatic rings. The van der Waals surface area contributed by atoms with Crippen LogP contribution in [0.25, 0.3) is 0 Å². The fraction of sp³-hybridized carbons (Fsp3) is 0.238. The minimum absolute atomic E-state index is 0.116. The first kappa shape index (κ1) is 20.0. The number of anilines is 2. The SMILES string of the molecule is Nc1nc(CC(=O)N[13c]2[13cH][13cH][13c](CCNC[C@H](O)c3ccccc3)[13cH][13cH]2)cs1. The molecule has 1 heterocycles. The zero-order chi connectivity index (χ0) is 19.8. The predicted octanol–water partition coefficient (Wildman–Crippen LogP) is 2.77. The van der Waals surface area contributed by atoms with Crippen LogP contribution in [0.3, 0.4) is 0 Å². The molecule has 7 heteroatoms. The standard InChI is InChI=1S/C21H24N4O2S/c22-21-25-18(14-28-21)12-20(27)24-17-8-6-15(7-9-17)10-11-23-13-19(26)16-4-2-1-3-5-16/h1-9,14,19,23,26H,10-13H2,(H2,22,25)(H,24,27)/t19-/m0/s1/i6+1,7+1,8+1,9+1,15+1,17+1. The van der Waals surface area contributed by atoms with Crippen molar-refractivity contribution >= 4 is 28.1 Å². The Morgan fingerprint density at radius 1 is 1.14 bits per heavy atom. The smallest absolute Gasteiger partial charge is 0.230 e. The summed E-state index contributed by atoms with van der Waals surface area (Å²) in [4.78, 5) is 16.1. The number of carbonyl (C=O) groups excluding carboxylic acids is 1. The molecule has 0 aliphatic carbocycles. The highest BCUT2D eigenvalue weighted by Crippen LogP contribution is 2.14. The first-order valence-electron chi connectivity index (χ1n) is 9.12. The van der Waals surface area contributed by atoms with Gasteiger partial charge in [0, 0.05) is 17.6 Å². The molecule has 146 valence electrons. The largest absolute Gasteiger partial charge is 0.387 e. The second-order valence-electron chi connectivity index (χ2n) is 6.48. The number of aliphatic hydroxyl groups is 1. The number of aliphatic hydroxyl groups excluding tert-OH is 1. The fourth-order valence-electron chi connectivity index (χ4n) is 2.79. The number of aromatic nitrogens is 1. The molecule has 0 saturated carbocycles. The van der Waals surface area contributed by atoms with Gasteiger partial charge in [-0.15, -0.1) is 11.3 Å². The maximum Gasteiger partial charge on any atom is 0.230 e. The van der Waals surface area contributed by atoms with Crippen molar-refractivity contribution in [1.82, 2.24) is 10.3 Å².